The number of quaternary nitrogens is 1. The predicted octanol–water partition coefficient (Wildman–Crippen LogP) is 0.608. The summed E-state index contributed by atoms with van der Waals surface area (Å²) in [6.45, 7) is 8.37. The summed E-state index contributed by atoms with van der Waals surface area (Å²) in [6.07, 6.45) is 6.37. The highest BCUT2D eigenvalue weighted by molar-refractivity contribution is 5.60. The maximum Gasteiger partial charge on any atom is 0.0762 e. The van der Waals surface area contributed by atoms with E-state index in [-0.39, 0.29) is 0 Å². The number of carboxylic acid groups (broad SMARTS) is 1. The zero-order valence-corrected chi connectivity index (χ0v) is 11.7. The van der Waals surface area contributed by atoms with Crippen LogP contribution in [-0.4, -0.2) is 25.7 Å². The van der Waals surface area contributed by atoms with Crippen LogP contribution in [0.1, 0.15) is 52.9 Å². The van der Waals surface area contributed by atoms with Gasteiger partial charge in [0.05, 0.1) is 13.2 Å². The number of unbranched alkanes of at least 4 members (excludes halogenated alkanes) is 2. The third kappa shape index (κ3) is 31.3. The van der Waals surface area contributed by atoms with Gasteiger partial charge in [-0.15, -0.1) is 0 Å². The molecular weight excluding hydrogens is 218 g/mol. The fraction of sp³-hybridized carbons (Fsp3) is 0.923. The summed E-state index contributed by atoms with van der Waals surface area (Å²) >= 11 is 0. The van der Waals surface area contributed by atoms with Crippen LogP contribution >= 0.6 is 0 Å². The molecule has 0 aliphatic heterocycles. The topological polar surface area (TPSA) is 77.0 Å². The Morgan fingerprint density at radius 3 is 2.18 bits per heavy atom. The molecule has 0 aromatic rings. The van der Waals surface area contributed by atoms with Crippen molar-refractivity contribution in [2.45, 2.75) is 52.9 Å². The Bertz CT molecular complexity index is 157. The normalized spacial score (nSPS) is 9.94. The number of carbonyl (C=O) groups is 1. The molecule has 0 aliphatic carbocycles. The number of carbonyl (C=O) groups excluding carboxylic acids is 1. The van der Waals surface area contributed by atoms with Gasteiger partial charge in [0.25, 0.3) is 0 Å². The Labute approximate surface area is 106 Å². The molecule has 4 nitrogen and oxygen atoms in total. The molecule has 0 radical (unpaired) electrons. The summed E-state index contributed by atoms with van der Waals surface area (Å²) in [7, 11) is 0. The van der Waals surface area contributed by atoms with E-state index in [1.807, 2.05) is 0 Å². The van der Waals surface area contributed by atoms with Gasteiger partial charge in [0.2, 0.25) is 0 Å². The summed E-state index contributed by atoms with van der Waals surface area (Å²) in [5.74, 6) is -0.230. The number of hydrogen-bond donors (Lipinski definition) is 1. The van der Waals surface area contributed by atoms with Crippen LogP contribution in [0.5, 0.6) is 0 Å². The predicted molar refractivity (Wildman–Crippen MR) is 67.2 cm³/mol. The van der Waals surface area contributed by atoms with Crippen LogP contribution in [0.2, 0.25) is 0 Å². The monoisotopic (exact) mass is 247 g/mol. The van der Waals surface area contributed by atoms with E-state index in [1.54, 1.807) is 0 Å². The average molecular weight is 247 g/mol. The molecule has 0 heterocycles. The van der Waals surface area contributed by atoms with Gasteiger partial charge in [-0.1, -0.05) is 33.1 Å². The van der Waals surface area contributed by atoms with Crippen molar-refractivity contribution in [3.63, 3.8) is 0 Å². The summed E-state index contributed by atoms with van der Waals surface area (Å²) in [4.78, 5) is 8.89. The van der Waals surface area contributed by atoms with Crippen LogP contribution in [0, 0.1) is 5.92 Å². The molecule has 0 saturated heterocycles. The van der Waals surface area contributed by atoms with Gasteiger partial charge < -0.3 is 20.4 Å². The van der Waals surface area contributed by atoms with Crippen molar-refractivity contribution >= 4 is 5.97 Å². The van der Waals surface area contributed by atoms with E-state index >= 15 is 0 Å². The Kier molecular flexibility index (Phi) is 17.0. The van der Waals surface area contributed by atoms with Crippen molar-refractivity contribution in [3.05, 3.63) is 0 Å². The molecule has 0 spiro atoms. The Morgan fingerprint density at radius 1 is 1.18 bits per heavy atom. The first-order valence-corrected chi connectivity index (χ1v) is 6.55. The van der Waals surface area contributed by atoms with Crippen LogP contribution in [0.15, 0.2) is 0 Å². The first-order chi connectivity index (χ1) is 8.00. The van der Waals surface area contributed by atoms with Gasteiger partial charge >= 0.3 is 0 Å². The van der Waals surface area contributed by atoms with Crippen molar-refractivity contribution in [1.29, 1.82) is 0 Å². The van der Waals surface area contributed by atoms with Gasteiger partial charge in [-0.05, 0) is 19.3 Å². The standard InChI is InChI=1S/C11H25NO.C2H4O2/c1-11(2)7-4-3-5-9-13-10-6-8-12;1-2(3)4/h11H,3-10,12H2,1-2H3;1H3,(H,3,4). The second-order valence-electron chi connectivity index (χ2n) is 4.55. The zero-order valence-electron chi connectivity index (χ0n) is 11.7. The van der Waals surface area contributed by atoms with Crippen molar-refractivity contribution in [1.82, 2.24) is 0 Å². The number of rotatable bonds is 9. The molecule has 0 aliphatic rings. The lowest BCUT2D eigenvalue weighted by atomic mass is 10.1. The molecule has 0 bridgehead atoms. The smallest absolute Gasteiger partial charge is 0.0762 e. The molecule has 0 atom stereocenters. The Hall–Kier alpha value is -0.610. The minimum absolute atomic E-state index is 0.854. The first kappa shape index (κ1) is 18.7. The highest BCUT2D eigenvalue weighted by atomic mass is 16.5. The minimum Gasteiger partial charge on any atom is -0.550 e. The van der Waals surface area contributed by atoms with Crippen molar-refractivity contribution < 1.29 is 20.4 Å². The molecule has 0 aromatic carbocycles. The molecular formula is C13H29NO3. The average Bonchev–Trinajstić information content (AvgIpc) is 2.21. The van der Waals surface area contributed by atoms with Gasteiger partial charge in [-0.25, -0.2) is 0 Å². The number of hydrogen-bond acceptors (Lipinski definition) is 3. The Morgan fingerprint density at radius 2 is 1.71 bits per heavy atom. The molecule has 4 heteroatoms. The third-order valence-electron chi connectivity index (χ3n) is 2.11. The van der Waals surface area contributed by atoms with E-state index in [0.29, 0.717) is 0 Å². The number of carboxylic acids is 1. The largest absolute Gasteiger partial charge is 0.550 e. The van der Waals surface area contributed by atoms with E-state index in [9.17, 15) is 0 Å². The molecule has 0 unspecified atom stereocenters. The quantitative estimate of drug-likeness (QED) is 0.606. The molecule has 0 fully saturated rings. The van der Waals surface area contributed by atoms with Gasteiger partial charge in [0.1, 0.15) is 0 Å². The first-order valence-electron chi connectivity index (χ1n) is 6.55. The second-order valence-corrected chi connectivity index (χ2v) is 4.55. The van der Waals surface area contributed by atoms with Crippen molar-refractivity contribution in [2.24, 2.45) is 5.92 Å². The van der Waals surface area contributed by atoms with E-state index in [2.05, 4.69) is 19.6 Å². The van der Waals surface area contributed by atoms with E-state index in [4.69, 9.17) is 14.6 Å². The summed E-state index contributed by atoms with van der Waals surface area (Å²) in [5, 5.41) is 8.89. The number of aliphatic carboxylic acids is 1. The molecule has 0 aromatic heterocycles. The van der Waals surface area contributed by atoms with Crippen LogP contribution in [-0.2, 0) is 9.53 Å². The van der Waals surface area contributed by atoms with Crippen LogP contribution in [0.3, 0.4) is 0 Å². The van der Waals surface area contributed by atoms with Gasteiger partial charge in [0.15, 0.2) is 0 Å². The second kappa shape index (κ2) is 15.4. The fourth-order valence-electron chi connectivity index (χ4n) is 1.24. The fourth-order valence-corrected chi connectivity index (χ4v) is 1.24. The summed E-state index contributed by atoms with van der Waals surface area (Å²) in [5.41, 5.74) is 3.77. The molecule has 0 saturated carbocycles. The zero-order chi connectivity index (χ0) is 13.5. The maximum absolute atomic E-state index is 8.89. The molecule has 17 heavy (non-hydrogen) atoms. The van der Waals surface area contributed by atoms with Gasteiger partial charge in [-0.2, -0.15) is 0 Å². The maximum atomic E-state index is 8.89. The SMILES string of the molecule is CC(=O)[O-].CC(C)CCCCCOCCC[NH3+]. The van der Waals surface area contributed by atoms with E-state index in [1.165, 1.54) is 25.7 Å². The highest BCUT2D eigenvalue weighted by Gasteiger charge is 1.94. The lowest BCUT2D eigenvalue weighted by molar-refractivity contribution is -0.369. The molecule has 3 N–H and O–H groups in total. The van der Waals surface area contributed by atoms with Gasteiger partial charge in [0, 0.05) is 19.0 Å². The van der Waals surface area contributed by atoms with Crippen molar-refractivity contribution in [2.75, 3.05) is 19.8 Å². The highest BCUT2D eigenvalue weighted by Crippen LogP contribution is 2.07. The molecule has 104 valence electrons. The summed E-state index contributed by atoms with van der Waals surface area (Å²) < 4.78 is 5.44. The van der Waals surface area contributed by atoms with Gasteiger partial charge in [-0.3, -0.25) is 0 Å². The third-order valence-corrected chi connectivity index (χ3v) is 2.11. The molecule has 0 rings (SSSR count). The lowest BCUT2D eigenvalue weighted by Crippen LogP contribution is -2.50. The number of ether oxygens (including phenoxy) is 1. The Balaban J connectivity index is 0. The van der Waals surface area contributed by atoms with Crippen LogP contribution in [0.25, 0.3) is 0 Å². The van der Waals surface area contributed by atoms with E-state index in [0.717, 1.165) is 39.0 Å². The van der Waals surface area contributed by atoms with Crippen LogP contribution < -0.4 is 10.8 Å². The van der Waals surface area contributed by atoms with E-state index < -0.39 is 5.97 Å². The van der Waals surface area contributed by atoms with Crippen LogP contribution in [0.4, 0.5) is 0 Å². The summed E-state index contributed by atoms with van der Waals surface area (Å²) in [6, 6.07) is 0. The molecule has 0 amide bonds. The minimum atomic E-state index is -1.08. The lowest BCUT2D eigenvalue weighted by Gasteiger charge is -2.04. The van der Waals surface area contributed by atoms with Crippen molar-refractivity contribution in [3.8, 4) is 0 Å².